The molecule has 1 aliphatic rings. The predicted molar refractivity (Wildman–Crippen MR) is 134 cm³/mol. The van der Waals surface area contributed by atoms with Crippen LogP contribution in [0.1, 0.15) is 51.8 Å². The molecule has 0 aliphatic carbocycles. The van der Waals surface area contributed by atoms with Gasteiger partial charge in [0.25, 0.3) is 0 Å². The highest BCUT2D eigenvalue weighted by atomic mass is 16.4. The van der Waals surface area contributed by atoms with Gasteiger partial charge in [0.1, 0.15) is 5.82 Å². The van der Waals surface area contributed by atoms with E-state index in [1.54, 1.807) is 12.1 Å². The number of nitriles is 1. The minimum Gasteiger partial charge on any atom is -0.465 e. The zero-order chi connectivity index (χ0) is 24.7. The largest absolute Gasteiger partial charge is 0.465 e. The summed E-state index contributed by atoms with van der Waals surface area (Å²) < 4.78 is 0. The highest BCUT2D eigenvalue weighted by Gasteiger charge is 2.27. The number of carboxylic acid groups (broad SMARTS) is 1. The third-order valence-electron chi connectivity index (χ3n) is 5.84. The van der Waals surface area contributed by atoms with E-state index < -0.39 is 11.6 Å². The molecule has 1 fully saturated rings. The van der Waals surface area contributed by atoms with Crippen molar-refractivity contribution >= 4 is 23.5 Å². The molecule has 1 aromatic heterocycles. The van der Waals surface area contributed by atoms with Crippen LogP contribution in [0.5, 0.6) is 0 Å². The first-order valence-electron chi connectivity index (χ1n) is 11.8. The number of aromatic nitrogens is 2. The van der Waals surface area contributed by atoms with Gasteiger partial charge in [-0.25, -0.2) is 9.78 Å². The Hall–Kier alpha value is -3.38. The second kappa shape index (κ2) is 11.2. The molecule has 1 aromatic carbocycles. The Bertz CT molecular complexity index is 1030. The number of carbonyl (C=O) groups is 1. The highest BCUT2D eigenvalue weighted by Crippen LogP contribution is 2.23. The van der Waals surface area contributed by atoms with Crippen molar-refractivity contribution in [1.82, 2.24) is 20.2 Å². The van der Waals surface area contributed by atoms with Gasteiger partial charge < -0.3 is 25.5 Å². The Balaban J connectivity index is 1.66. The molecule has 1 atom stereocenters. The third-order valence-corrected chi connectivity index (χ3v) is 5.84. The molecule has 9 heteroatoms. The molecule has 0 saturated carbocycles. The van der Waals surface area contributed by atoms with Crippen molar-refractivity contribution in [2.24, 2.45) is 0 Å². The lowest BCUT2D eigenvalue weighted by Crippen LogP contribution is -2.49. The van der Waals surface area contributed by atoms with Crippen molar-refractivity contribution in [1.29, 1.82) is 5.26 Å². The van der Waals surface area contributed by atoms with E-state index in [4.69, 9.17) is 10.2 Å². The average molecular weight is 466 g/mol. The Morgan fingerprint density at radius 3 is 2.79 bits per heavy atom. The number of benzene rings is 1. The molecule has 0 unspecified atom stereocenters. The van der Waals surface area contributed by atoms with Crippen LogP contribution >= 0.6 is 0 Å². The second-order valence-corrected chi connectivity index (χ2v) is 9.60. The Labute approximate surface area is 201 Å². The number of hydrogen-bond acceptors (Lipinski definition) is 7. The maximum absolute atomic E-state index is 11.5. The lowest BCUT2D eigenvalue weighted by Gasteiger charge is -2.33. The zero-order valence-corrected chi connectivity index (χ0v) is 20.5. The molecular formula is C25H35N7O2. The van der Waals surface area contributed by atoms with E-state index in [9.17, 15) is 9.90 Å². The second-order valence-electron chi connectivity index (χ2n) is 9.60. The van der Waals surface area contributed by atoms with Crippen LogP contribution in [-0.4, -0.2) is 63.8 Å². The van der Waals surface area contributed by atoms with Gasteiger partial charge in [0.15, 0.2) is 0 Å². The zero-order valence-electron chi connectivity index (χ0n) is 20.5. The molecule has 2 aromatic rings. The SMILES string of the molecule is CCCc1cc(N2CC[C@H](NCCN(C(=O)O)C(C)(C)C)C2)nc(Nc2cccc(C#N)c2)n1. The van der Waals surface area contributed by atoms with Gasteiger partial charge in [-0.05, 0) is 51.8 Å². The molecular weight excluding hydrogens is 430 g/mol. The number of anilines is 3. The number of hydrogen-bond donors (Lipinski definition) is 3. The van der Waals surface area contributed by atoms with Crippen molar-refractivity contribution in [3.8, 4) is 6.07 Å². The monoisotopic (exact) mass is 465 g/mol. The Morgan fingerprint density at radius 1 is 1.32 bits per heavy atom. The Morgan fingerprint density at radius 2 is 2.12 bits per heavy atom. The molecule has 9 nitrogen and oxygen atoms in total. The molecule has 1 aliphatic heterocycles. The standard InChI is InChI=1S/C25H35N7O2/c1-5-7-19-15-22(30-23(28-19)29-20-9-6-8-18(14-20)16-26)31-12-10-21(17-31)27-11-13-32(24(33)34)25(2,3)4/h6,8-9,14-15,21,27H,5,7,10-13,17H2,1-4H3,(H,33,34)(H,28,29,30)/t21-/m0/s1. The molecule has 0 bridgehead atoms. The van der Waals surface area contributed by atoms with E-state index in [2.05, 4.69) is 39.6 Å². The van der Waals surface area contributed by atoms with Crippen LogP contribution in [-0.2, 0) is 6.42 Å². The first-order valence-corrected chi connectivity index (χ1v) is 11.8. The third kappa shape index (κ3) is 6.81. The molecule has 0 radical (unpaired) electrons. The fraction of sp³-hybridized carbons (Fsp3) is 0.520. The predicted octanol–water partition coefficient (Wildman–Crippen LogP) is 3.99. The fourth-order valence-electron chi connectivity index (χ4n) is 4.11. The lowest BCUT2D eigenvalue weighted by atomic mass is 10.1. The van der Waals surface area contributed by atoms with Gasteiger partial charge in [-0.1, -0.05) is 19.4 Å². The summed E-state index contributed by atoms with van der Waals surface area (Å²) in [5.41, 5.74) is 1.91. The van der Waals surface area contributed by atoms with Gasteiger partial charge in [-0.2, -0.15) is 10.2 Å². The van der Waals surface area contributed by atoms with Gasteiger partial charge in [0.05, 0.1) is 11.6 Å². The van der Waals surface area contributed by atoms with Gasteiger partial charge in [0, 0.05) is 55.2 Å². The van der Waals surface area contributed by atoms with Crippen LogP contribution in [0.25, 0.3) is 0 Å². The molecule has 3 rings (SSSR count). The van der Waals surface area contributed by atoms with Gasteiger partial charge in [-0.15, -0.1) is 0 Å². The maximum Gasteiger partial charge on any atom is 0.407 e. The maximum atomic E-state index is 11.5. The highest BCUT2D eigenvalue weighted by molar-refractivity contribution is 5.66. The van der Waals surface area contributed by atoms with E-state index in [0.717, 1.165) is 49.6 Å². The van der Waals surface area contributed by atoms with Crippen LogP contribution in [0.2, 0.25) is 0 Å². The topological polar surface area (TPSA) is 117 Å². The first kappa shape index (κ1) is 25.2. The molecule has 34 heavy (non-hydrogen) atoms. The normalized spacial score (nSPS) is 15.7. The number of aryl methyl sites for hydroxylation is 1. The van der Waals surface area contributed by atoms with Crippen molar-refractivity contribution in [3.05, 3.63) is 41.6 Å². The quantitative estimate of drug-likeness (QED) is 0.509. The van der Waals surface area contributed by atoms with E-state index in [0.29, 0.717) is 24.6 Å². The summed E-state index contributed by atoms with van der Waals surface area (Å²) in [6.45, 7) is 10.6. The van der Waals surface area contributed by atoms with Crippen molar-refractivity contribution in [2.75, 3.05) is 36.4 Å². The summed E-state index contributed by atoms with van der Waals surface area (Å²) >= 11 is 0. The summed E-state index contributed by atoms with van der Waals surface area (Å²) in [5, 5.41) is 25.4. The summed E-state index contributed by atoms with van der Waals surface area (Å²) in [5.74, 6) is 1.40. The van der Waals surface area contributed by atoms with E-state index in [1.807, 2.05) is 32.9 Å². The van der Waals surface area contributed by atoms with Gasteiger partial charge >= 0.3 is 6.09 Å². The summed E-state index contributed by atoms with van der Waals surface area (Å²) in [6.07, 6.45) is 1.91. The lowest BCUT2D eigenvalue weighted by molar-refractivity contribution is 0.100. The van der Waals surface area contributed by atoms with Gasteiger partial charge in [0.2, 0.25) is 5.95 Å². The van der Waals surface area contributed by atoms with Gasteiger partial charge in [-0.3, -0.25) is 0 Å². The van der Waals surface area contributed by atoms with Crippen LogP contribution in [0.4, 0.5) is 22.2 Å². The van der Waals surface area contributed by atoms with Crippen LogP contribution in [0.3, 0.4) is 0 Å². The number of rotatable bonds is 9. The van der Waals surface area contributed by atoms with E-state index in [1.165, 1.54) is 4.90 Å². The number of nitrogens with one attached hydrogen (secondary N) is 2. The number of amides is 1. The molecule has 2 heterocycles. The summed E-state index contributed by atoms with van der Waals surface area (Å²) in [7, 11) is 0. The molecule has 1 saturated heterocycles. The van der Waals surface area contributed by atoms with Crippen LogP contribution in [0.15, 0.2) is 30.3 Å². The van der Waals surface area contributed by atoms with Crippen molar-refractivity contribution in [3.63, 3.8) is 0 Å². The summed E-state index contributed by atoms with van der Waals surface area (Å²) in [4.78, 5) is 24.7. The molecule has 182 valence electrons. The van der Waals surface area contributed by atoms with E-state index >= 15 is 0 Å². The van der Waals surface area contributed by atoms with Crippen molar-refractivity contribution in [2.45, 2.75) is 58.5 Å². The minimum atomic E-state index is -0.896. The number of nitrogens with zero attached hydrogens (tertiary/aromatic N) is 5. The fourth-order valence-corrected chi connectivity index (χ4v) is 4.11. The van der Waals surface area contributed by atoms with Crippen molar-refractivity contribution < 1.29 is 9.90 Å². The first-order chi connectivity index (χ1) is 16.2. The van der Waals surface area contributed by atoms with E-state index in [-0.39, 0.29) is 6.04 Å². The molecule has 3 N–H and O–H groups in total. The molecule has 0 spiro atoms. The smallest absolute Gasteiger partial charge is 0.407 e. The summed E-state index contributed by atoms with van der Waals surface area (Å²) in [6, 6.07) is 11.7. The minimum absolute atomic E-state index is 0.268. The average Bonchev–Trinajstić information content (AvgIpc) is 3.25. The molecule has 1 amide bonds. The Kier molecular flexibility index (Phi) is 8.29. The van der Waals surface area contributed by atoms with Crippen LogP contribution in [0, 0.1) is 11.3 Å². The van der Waals surface area contributed by atoms with Crippen LogP contribution < -0.4 is 15.5 Å².